The highest BCUT2D eigenvalue weighted by Crippen LogP contribution is 2.36. The third-order valence-electron chi connectivity index (χ3n) is 2.15. The van der Waals surface area contributed by atoms with Crippen LogP contribution in [0, 0.1) is 11.8 Å². The number of hydrogen-bond donors (Lipinski definition) is 2. The Bertz CT molecular complexity index is 147. The molecule has 1 fully saturated rings. The fourth-order valence-electron chi connectivity index (χ4n) is 1.36. The third-order valence-corrected chi connectivity index (χ3v) is 2.15. The van der Waals surface area contributed by atoms with Crippen molar-refractivity contribution >= 4 is 5.91 Å². The molecule has 58 valence electrons. The zero-order valence-electron chi connectivity index (χ0n) is 6.21. The summed E-state index contributed by atoms with van der Waals surface area (Å²) in [5.74, 6) is 0.714. The van der Waals surface area contributed by atoms with Crippen LogP contribution in [0.15, 0.2) is 0 Å². The monoisotopic (exact) mass is 142 g/mol. The molecule has 3 heteroatoms. The molecule has 1 aliphatic rings. The van der Waals surface area contributed by atoms with Crippen molar-refractivity contribution in [2.75, 3.05) is 0 Å². The molecule has 3 atom stereocenters. The molecule has 2 unspecified atom stereocenters. The lowest BCUT2D eigenvalue weighted by Gasteiger charge is -2.05. The molecule has 0 heterocycles. The predicted octanol–water partition coefficient (Wildman–Crippen LogP) is -0.155. The van der Waals surface area contributed by atoms with E-state index in [1.807, 2.05) is 6.92 Å². The van der Waals surface area contributed by atoms with Crippen molar-refractivity contribution < 1.29 is 4.79 Å². The first-order valence-corrected chi connectivity index (χ1v) is 3.65. The van der Waals surface area contributed by atoms with Crippen molar-refractivity contribution in [1.82, 2.24) is 0 Å². The van der Waals surface area contributed by atoms with Crippen LogP contribution in [-0.2, 0) is 4.79 Å². The van der Waals surface area contributed by atoms with E-state index in [0.717, 1.165) is 6.42 Å². The van der Waals surface area contributed by atoms with Crippen LogP contribution in [0.25, 0.3) is 0 Å². The Labute approximate surface area is 60.8 Å². The lowest BCUT2D eigenvalue weighted by atomic mass is 10.0. The van der Waals surface area contributed by atoms with E-state index >= 15 is 0 Å². The average Bonchev–Trinajstić information content (AvgIpc) is 2.44. The maximum Gasteiger partial charge on any atom is 0.217 e. The van der Waals surface area contributed by atoms with Gasteiger partial charge in [-0.05, 0) is 18.3 Å². The Hall–Kier alpha value is -0.570. The van der Waals surface area contributed by atoms with Crippen LogP contribution in [0.2, 0.25) is 0 Å². The van der Waals surface area contributed by atoms with E-state index in [1.54, 1.807) is 0 Å². The normalized spacial score (nSPS) is 33.4. The molecule has 0 aromatic heterocycles. The summed E-state index contributed by atoms with van der Waals surface area (Å²) in [6.07, 6.45) is 1.55. The summed E-state index contributed by atoms with van der Waals surface area (Å²) < 4.78 is 0. The standard InChI is InChI=1S/C7H14N2O/c1-4(2-7(9)10)5-3-6(5)8/h4-6H,2-3,8H2,1H3,(H2,9,10)/t4-,5?,6?/m0/s1. The van der Waals surface area contributed by atoms with E-state index < -0.39 is 0 Å². The number of rotatable bonds is 3. The van der Waals surface area contributed by atoms with Gasteiger partial charge in [0.05, 0.1) is 0 Å². The van der Waals surface area contributed by atoms with Gasteiger partial charge in [-0.3, -0.25) is 4.79 Å². The number of primary amides is 1. The summed E-state index contributed by atoms with van der Waals surface area (Å²) in [5, 5.41) is 0. The van der Waals surface area contributed by atoms with Gasteiger partial charge in [-0.2, -0.15) is 0 Å². The van der Waals surface area contributed by atoms with Gasteiger partial charge in [0.2, 0.25) is 5.91 Å². The second kappa shape index (κ2) is 2.58. The molecule has 0 aromatic carbocycles. The molecule has 1 rings (SSSR count). The first kappa shape index (κ1) is 7.54. The molecule has 1 aliphatic carbocycles. The SMILES string of the molecule is C[C@@H](CC(N)=O)C1CC1N. The zero-order chi connectivity index (χ0) is 7.72. The van der Waals surface area contributed by atoms with Crippen molar-refractivity contribution in [2.24, 2.45) is 23.3 Å². The van der Waals surface area contributed by atoms with E-state index in [1.165, 1.54) is 0 Å². The second-order valence-electron chi connectivity index (χ2n) is 3.21. The Morgan fingerprint density at radius 2 is 2.30 bits per heavy atom. The maximum atomic E-state index is 10.4. The van der Waals surface area contributed by atoms with Crippen LogP contribution in [0.4, 0.5) is 0 Å². The largest absolute Gasteiger partial charge is 0.370 e. The fourth-order valence-corrected chi connectivity index (χ4v) is 1.36. The zero-order valence-corrected chi connectivity index (χ0v) is 6.21. The number of carbonyl (C=O) groups excluding carboxylic acids is 1. The van der Waals surface area contributed by atoms with Crippen LogP contribution in [0.1, 0.15) is 19.8 Å². The van der Waals surface area contributed by atoms with Crippen LogP contribution >= 0.6 is 0 Å². The van der Waals surface area contributed by atoms with Gasteiger partial charge in [-0.1, -0.05) is 6.92 Å². The highest BCUT2D eigenvalue weighted by Gasteiger charge is 2.38. The Kier molecular flexibility index (Phi) is 1.94. The van der Waals surface area contributed by atoms with Gasteiger partial charge in [0.1, 0.15) is 0 Å². The van der Waals surface area contributed by atoms with Gasteiger partial charge in [-0.15, -0.1) is 0 Å². The molecular weight excluding hydrogens is 128 g/mol. The van der Waals surface area contributed by atoms with Gasteiger partial charge < -0.3 is 11.5 Å². The van der Waals surface area contributed by atoms with Crippen LogP contribution in [-0.4, -0.2) is 11.9 Å². The lowest BCUT2D eigenvalue weighted by Crippen LogP contribution is -2.17. The van der Waals surface area contributed by atoms with Gasteiger partial charge in [-0.25, -0.2) is 0 Å². The van der Waals surface area contributed by atoms with Crippen molar-refractivity contribution in [3.05, 3.63) is 0 Å². The van der Waals surface area contributed by atoms with Gasteiger partial charge in [0, 0.05) is 12.5 Å². The minimum absolute atomic E-state index is 0.216. The van der Waals surface area contributed by atoms with Crippen molar-refractivity contribution in [3.63, 3.8) is 0 Å². The number of nitrogens with two attached hydrogens (primary N) is 2. The first-order valence-electron chi connectivity index (χ1n) is 3.65. The van der Waals surface area contributed by atoms with E-state index in [0.29, 0.717) is 24.3 Å². The van der Waals surface area contributed by atoms with E-state index in [4.69, 9.17) is 11.5 Å². The minimum atomic E-state index is -0.216. The number of amides is 1. The highest BCUT2D eigenvalue weighted by molar-refractivity contribution is 5.74. The van der Waals surface area contributed by atoms with Gasteiger partial charge in [0.15, 0.2) is 0 Å². The summed E-state index contributed by atoms with van der Waals surface area (Å²) in [5.41, 5.74) is 10.6. The third kappa shape index (κ3) is 1.70. The van der Waals surface area contributed by atoms with Crippen molar-refractivity contribution in [3.8, 4) is 0 Å². The summed E-state index contributed by atoms with van der Waals surface area (Å²) >= 11 is 0. The fraction of sp³-hybridized carbons (Fsp3) is 0.857. The van der Waals surface area contributed by atoms with Gasteiger partial charge >= 0.3 is 0 Å². The predicted molar refractivity (Wildman–Crippen MR) is 39.1 cm³/mol. The van der Waals surface area contributed by atoms with Crippen molar-refractivity contribution in [2.45, 2.75) is 25.8 Å². The molecule has 1 saturated carbocycles. The molecule has 10 heavy (non-hydrogen) atoms. The maximum absolute atomic E-state index is 10.4. The summed E-state index contributed by atoms with van der Waals surface area (Å²) in [6.45, 7) is 2.03. The van der Waals surface area contributed by atoms with Crippen LogP contribution in [0.5, 0.6) is 0 Å². The van der Waals surface area contributed by atoms with Crippen LogP contribution in [0.3, 0.4) is 0 Å². The topological polar surface area (TPSA) is 69.1 Å². The summed E-state index contributed by atoms with van der Waals surface area (Å²) in [6, 6.07) is 0.328. The molecule has 0 aliphatic heterocycles. The molecule has 1 amide bonds. The van der Waals surface area contributed by atoms with E-state index in [-0.39, 0.29) is 5.91 Å². The quantitative estimate of drug-likeness (QED) is 0.575. The van der Waals surface area contributed by atoms with E-state index in [2.05, 4.69) is 0 Å². The van der Waals surface area contributed by atoms with Crippen LogP contribution < -0.4 is 11.5 Å². The molecule has 0 radical (unpaired) electrons. The number of carbonyl (C=O) groups is 1. The number of hydrogen-bond acceptors (Lipinski definition) is 2. The highest BCUT2D eigenvalue weighted by atomic mass is 16.1. The minimum Gasteiger partial charge on any atom is -0.370 e. The molecule has 0 saturated heterocycles. The molecule has 0 aromatic rings. The Morgan fingerprint density at radius 3 is 2.60 bits per heavy atom. The Balaban J connectivity index is 2.22. The smallest absolute Gasteiger partial charge is 0.217 e. The molecular formula is C7H14N2O. The average molecular weight is 142 g/mol. The molecule has 4 N–H and O–H groups in total. The summed E-state index contributed by atoms with van der Waals surface area (Å²) in [7, 11) is 0. The molecule has 3 nitrogen and oxygen atoms in total. The van der Waals surface area contributed by atoms with Gasteiger partial charge in [0.25, 0.3) is 0 Å². The lowest BCUT2D eigenvalue weighted by molar-refractivity contribution is -0.118. The molecule has 0 bridgehead atoms. The first-order chi connectivity index (χ1) is 4.61. The Morgan fingerprint density at radius 1 is 1.80 bits per heavy atom. The van der Waals surface area contributed by atoms with Crippen molar-refractivity contribution in [1.29, 1.82) is 0 Å². The summed E-state index contributed by atoms with van der Waals surface area (Å²) in [4.78, 5) is 10.4. The van der Waals surface area contributed by atoms with E-state index in [9.17, 15) is 4.79 Å². The molecule has 0 spiro atoms. The second-order valence-corrected chi connectivity index (χ2v) is 3.21.